The number of benzene rings is 1. The fourth-order valence-electron chi connectivity index (χ4n) is 1.64. The highest BCUT2D eigenvalue weighted by molar-refractivity contribution is 5.92. The summed E-state index contributed by atoms with van der Waals surface area (Å²) in [5, 5.41) is 14.5. The Bertz CT molecular complexity index is 673. The maximum atomic E-state index is 11.9. The highest BCUT2D eigenvalue weighted by atomic mass is 16.1. The number of amides is 1. The lowest BCUT2D eigenvalue weighted by Gasteiger charge is -2.09. The van der Waals surface area contributed by atoms with Crippen LogP contribution in [0.1, 0.15) is 29.9 Å². The Morgan fingerprint density at radius 1 is 1.24 bits per heavy atom. The minimum atomic E-state index is -0.240. The van der Waals surface area contributed by atoms with Crippen molar-refractivity contribution < 1.29 is 4.79 Å². The molecule has 0 unspecified atom stereocenters. The van der Waals surface area contributed by atoms with Gasteiger partial charge < -0.3 is 10.6 Å². The lowest BCUT2D eigenvalue weighted by molar-refractivity contribution is 0.0938. The monoisotopic (exact) mass is 281 g/mol. The molecule has 2 aromatic rings. The number of hydrogen-bond donors (Lipinski definition) is 2. The molecule has 0 aliphatic heterocycles. The second kappa shape index (κ2) is 6.48. The van der Waals surface area contributed by atoms with Crippen molar-refractivity contribution in [2.75, 3.05) is 5.32 Å². The molecule has 0 saturated carbocycles. The highest BCUT2D eigenvalue weighted by Gasteiger charge is 2.09. The Morgan fingerprint density at radius 3 is 2.57 bits per heavy atom. The molecule has 106 valence electrons. The van der Waals surface area contributed by atoms with Crippen molar-refractivity contribution >= 4 is 17.5 Å². The Balaban J connectivity index is 2.13. The molecule has 0 atom stereocenters. The number of anilines is 2. The van der Waals surface area contributed by atoms with Gasteiger partial charge in [0.25, 0.3) is 5.91 Å². The van der Waals surface area contributed by atoms with E-state index in [9.17, 15) is 4.79 Å². The van der Waals surface area contributed by atoms with Crippen molar-refractivity contribution in [3.05, 3.63) is 47.8 Å². The molecule has 2 rings (SSSR count). The zero-order chi connectivity index (χ0) is 15.2. The Labute approximate surface area is 122 Å². The number of carbonyl (C=O) groups excluding carboxylic acids is 1. The predicted molar refractivity (Wildman–Crippen MR) is 79.1 cm³/mol. The van der Waals surface area contributed by atoms with Crippen molar-refractivity contribution in [2.24, 2.45) is 0 Å². The summed E-state index contributed by atoms with van der Waals surface area (Å²) in [6.45, 7) is 3.77. The summed E-state index contributed by atoms with van der Waals surface area (Å²) in [5.74, 6) is 0.0893. The van der Waals surface area contributed by atoms with Gasteiger partial charge in [-0.1, -0.05) is 0 Å². The first-order valence-electron chi connectivity index (χ1n) is 6.49. The summed E-state index contributed by atoms with van der Waals surface area (Å²) < 4.78 is 0. The summed E-state index contributed by atoms with van der Waals surface area (Å²) in [5.41, 5.74) is 1.62. The molecule has 1 aromatic heterocycles. The summed E-state index contributed by atoms with van der Waals surface area (Å²) >= 11 is 0. The van der Waals surface area contributed by atoms with Crippen LogP contribution in [0.15, 0.2) is 36.5 Å². The SMILES string of the molecule is CC(C)NC(=O)c1ccnc(Nc2ccc(C#N)cc2)n1. The number of aromatic nitrogens is 2. The first kappa shape index (κ1) is 14.5. The lowest BCUT2D eigenvalue weighted by atomic mass is 10.2. The maximum Gasteiger partial charge on any atom is 0.270 e. The highest BCUT2D eigenvalue weighted by Crippen LogP contribution is 2.13. The molecule has 0 radical (unpaired) electrons. The smallest absolute Gasteiger partial charge is 0.270 e. The van der Waals surface area contributed by atoms with Gasteiger partial charge in [0, 0.05) is 17.9 Å². The fraction of sp³-hybridized carbons (Fsp3) is 0.200. The van der Waals surface area contributed by atoms with E-state index in [2.05, 4.69) is 20.6 Å². The standard InChI is InChI=1S/C15H15N5O/c1-10(2)18-14(21)13-7-8-17-15(20-13)19-12-5-3-11(9-16)4-6-12/h3-8,10H,1-2H3,(H,18,21)(H,17,19,20). The maximum absolute atomic E-state index is 11.9. The van der Waals surface area contributed by atoms with E-state index in [0.717, 1.165) is 5.69 Å². The number of carbonyl (C=O) groups is 1. The van der Waals surface area contributed by atoms with E-state index in [1.54, 1.807) is 30.3 Å². The summed E-state index contributed by atoms with van der Waals surface area (Å²) in [6.07, 6.45) is 1.52. The van der Waals surface area contributed by atoms with Gasteiger partial charge in [0.2, 0.25) is 5.95 Å². The van der Waals surface area contributed by atoms with Crippen LogP contribution in [-0.2, 0) is 0 Å². The summed E-state index contributed by atoms with van der Waals surface area (Å²) in [6, 6.07) is 10.5. The topological polar surface area (TPSA) is 90.7 Å². The van der Waals surface area contributed by atoms with Gasteiger partial charge in [-0.3, -0.25) is 4.79 Å². The normalized spacial score (nSPS) is 10.0. The van der Waals surface area contributed by atoms with Crippen LogP contribution in [-0.4, -0.2) is 21.9 Å². The van der Waals surface area contributed by atoms with Gasteiger partial charge in [-0.15, -0.1) is 0 Å². The molecule has 0 fully saturated rings. The molecule has 0 aliphatic rings. The Morgan fingerprint density at radius 2 is 1.95 bits per heavy atom. The molecule has 0 spiro atoms. The van der Waals surface area contributed by atoms with Crippen LogP contribution in [0, 0.1) is 11.3 Å². The number of rotatable bonds is 4. The van der Waals surface area contributed by atoms with Crippen molar-refractivity contribution in [2.45, 2.75) is 19.9 Å². The molecule has 21 heavy (non-hydrogen) atoms. The number of nitriles is 1. The van der Waals surface area contributed by atoms with Gasteiger partial charge in [0.05, 0.1) is 11.6 Å². The van der Waals surface area contributed by atoms with Crippen LogP contribution >= 0.6 is 0 Å². The molecule has 6 heteroatoms. The molecule has 1 heterocycles. The Hall–Kier alpha value is -2.94. The first-order valence-corrected chi connectivity index (χ1v) is 6.49. The number of nitrogens with one attached hydrogen (secondary N) is 2. The second-order valence-corrected chi connectivity index (χ2v) is 4.71. The van der Waals surface area contributed by atoms with Gasteiger partial charge >= 0.3 is 0 Å². The van der Waals surface area contributed by atoms with Crippen molar-refractivity contribution in [3.8, 4) is 6.07 Å². The molecule has 0 bridgehead atoms. The van der Waals surface area contributed by atoms with Gasteiger partial charge in [0.1, 0.15) is 5.69 Å². The average Bonchev–Trinajstić information content (AvgIpc) is 2.47. The van der Waals surface area contributed by atoms with Crippen LogP contribution in [0.3, 0.4) is 0 Å². The Kier molecular flexibility index (Phi) is 4.46. The quantitative estimate of drug-likeness (QED) is 0.896. The third-order valence-electron chi connectivity index (χ3n) is 2.58. The van der Waals surface area contributed by atoms with Crippen molar-refractivity contribution in [1.82, 2.24) is 15.3 Å². The fourth-order valence-corrected chi connectivity index (χ4v) is 1.64. The third-order valence-corrected chi connectivity index (χ3v) is 2.58. The van der Waals surface area contributed by atoms with Crippen LogP contribution in [0.5, 0.6) is 0 Å². The van der Waals surface area contributed by atoms with Crippen LogP contribution in [0.4, 0.5) is 11.6 Å². The van der Waals surface area contributed by atoms with E-state index in [1.807, 2.05) is 19.9 Å². The molecular formula is C15H15N5O. The van der Waals surface area contributed by atoms with E-state index in [4.69, 9.17) is 5.26 Å². The van der Waals surface area contributed by atoms with Crippen molar-refractivity contribution in [3.63, 3.8) is 0 Å². The first-order chi connectivity index (χ1) is 10.1. The second-order valence-electron chi connectivity index (χ2n) is 4.71. The molecular weight excluding hydrogens is 266 g/mol. The van der Waals surface area contributed by atoms with Crippen molar-refractivity contribution in [1.29, 1.82) is 5.26 Å². The predicted octanol–water partition coefficient (Wildman–Crippen LogP) is 2.23. The molecule has 1 amide bonds. The van der Waals surface area contributed by atoms with E-state index in [0.29, 0.717) is 17.2 Å². The molecule has 0 aliphatic carbocycles. The van der Waals surface area contributed by atoms with Crippen LogP contribution in [0.25, 0.3) is 0 Å². The summed E-state index contributed by atoms with van der Waals surface area (Å²) in [4.78, 5) is 20.1. The summed E-state index contributed by atoms with van der Waals surface area (Å²) in [7, 11) is 0. The molecule has 0 saturated heterocycles. The minimum absolute atomic E-state index is 0.0439. The van der Waals surface area contributed by atoms with E-state index < -0.39 is 0 Å². The average molecular weight is 281 g/mol. The number of nitrogens with zero attached hydrogens (tertiary/aromatic N) is 3. The van der Waals surface area contributed by atoms with Gasteiger partial charge in [0.15, 0.2) is 0 Å². The lowest BCUT2D eigenvalue weighted by Crippen LogP contribution is -2.30. The minimum Gasteiger partial charge on any atom is -0.349 e. The van der Waals surface area contributed by atoms with E-state index >= 15 is 0 Å². The van der Waals surface area contributed by atoms with Gasteiger partial charge in [-0.05, 0) is 44.2 Å². The number of hydrogen-bond acceptors (Lipinski definition) is 5. The molecule has 2 N–H and O–H groups in total. The molecule has 1 aromatic carbocycles. The van der Waals surface area contributed by atoms with Crippen LogP contribution < -0.4 is 10.6 Å². The van der Waals surface area contributed by atoms with Crippen LogP contribution in [0.2, 0.25) is 0 Å². The van der Waals surface area contributed by atoms with Gasteiger partial charge in [-0.2, -0.15) is 5.26 Å². The largest absolute Gasteiger partial charge is 0.349 e. The van der Waals surface area contributed by atoms with E-state index in [-0.39, 0.29) is 11.9 Å². The van der Waals surface area contributed by atoms with Gasteiger partial charge in [-0.25, -0.2) is 9.97 Å². The zero-order valence-electron chi connectivity index (χ0n) is 11.8. The molecule has 6 nitrogen and oxygen atoms in total. The van der Waals surface area contributed by atoms with E-state index in [1.165, 1.54) is 6.20 Å². The zero-order valence-corrected chi connectivity index (χ0v) is 11.8. The third kappa shape index (κ3) is 4.01.